The van der Waals surface area contributed by atoms with E-state index in [0.29, 0.717) is 77.8 Å². The van der Waals surface area contributed by atoms with Gasteiger partial charge in [0.05, 0.1) is 112 Å². The van der Waals surface area contributed by atoms with Crippen LogP contribution in [0.15, 0.2) is 50.8 Å². The zero-order valence-electron chi connectivity index (χ0n) is 51.3. The Balaban J connectivity index is 2.42. The molecule has 6 amide bonds. The number of esters is 1. The van der Waals surface area contributed by atoms with E-state index in [2.05, 4.69) is 72.0 Å². The molecule has 0 aliphatic heterocycles. The van der Waals surface area contributed by atoms with Crippen molar-refractivity contribution >= 4 is 41.4 Å². The van der Waals surface area contributed by atoms with Gasteiger partial charge in [-0.1, -0.05) is 76.5 Å². The normalized spacial score (nSPS) is 12.0. The topological polar surface area (TPSA) is 470 Å². The van der Waals surface area contributed by atoms with Crippen LogP contribution in [-0.2, 0) is 82.8 Å². The number of carbonyl (C=O) groups is 7. The molecule has 0 bridgehead atoms. The lowest BCUT2D eigenvalue weighted by Crippen LogP contribution is -2.54. The second-order valence-electron chi connectivity index (χ2n) is 19.4. The summed E-state index contributed by atoms with van der Waals surface area (Å²) in [4.78, 5) is 101. The Labute approximate surface area is 518 Å². The number of azide groups is 4. The van der Waals surface area contributed by atoms with Crippen LogP contribution < -0.4 is 31.9 Å². The summed E-state index contributed by atoms with van der Waals surface area (Å²) in [5.74, 6) is -3.27. The van der Waals surface area contributed by atoms with E-state index >= 15 is 0 Å². The van der Waals surface area contributed by atoms with Crippen molar-refractivity contribution in [2.75, 3.05) is 145 Å². The minimum Gasteiger partial charge on any atom is -0.461 e. The summed E-state index contributed by atoms with van der Waals surface area (Å²) in [5.41, 5.74) is 35.3. The molecule has 6 N–H and O–H groups in total. The number of hydrogen-bond acceptors (Lipinski definition) is 20. The molecule has 498 valence electrons. The van der Waals surface area contributed by atoms with Crippen molar-refractivity contribution in [3.05, 3.63) is 77.7 Å². The lowest BCUT2D eigenvalue weighted by atomic mass is 10.1. The van der Waals surface area contributed by atoms with Gasteiger partial charge in [-0.15, -0.1) is 0 Å². The highest BCUT2D eigenvalue weighted by Crippen LogP contribution is 2.10. The molecular weight excluding hydrogens is 1170 g/mol. The third kappa shape index (κ3) is 48.1. The zero-order valence-corrected chi connectivity index (χ0v) is 51.3. The van der Waals surface area contributed by atoms with Crippen LogP contribution in [0.3, 0.4) is 0 Å². The van der Waals surface area contributed by atoms with Gasteiger partial charge in [-0.25, -0.2) is 0 Å². The molecule has 34 heteroatoms. The van der Waals surface area contributed by atoms with E-state index in [4.69, 9.17) is 64.8 Å². The highest BCUT2D eigenvalue weighted by Gasteiger charge is 2.28. The van der Waals surface area contributed by atoms with E-state index in [0.717, 1.165) is 5.56 Å². The smallest absolute Gasteiger partial charge is 0.308 e. The molecule has 0 aliphatic rings. The molecule has 0 radical (unpaired) electrons. The molecule has 1 aromatic carbocycles. The van der Waals surface area contributed by atoms with Crippen LogP contribution in [-0.4, -0.2) is 211 Å². The van der Waals surface area contributed by atoms with E-state index < -0.39 is 59.6 Å². The molecule has 0 fully saturated rings. The lowest BCUT2D eigenvalue weighted by molar-refractivity contribution is -0.146. The van der Waals surface area contributed by atoms with Gasteiger partial charge in [0, 0.05) is 72.3 Å². The van der Waals surface area contributed by atoms with Gasteiger partial charge in [0.25, 0.3) is 0 Å². The molecule has 34 nitrogen and oxygen atoms in total. The van der Waals surface area contributed by atoms with Crippen molar-refractivity contribution in [2.45, 2.75) is 128 Å². The maximum absolute atomic E-state index is 13.7. The van der Waals surface area contributed by atoms with E-state index in [1.54, 1.807) is 0 Å². The highest BCUT2D eigenvalue weighted by molar-refractivity contribution is 5.92. The Kier molecular flexibility index (Phi) is 51.9. The van der Waals surface area contributed by atoms with E-state index in [1.165, 1.54) is 6.92 Å². The second-order valence-corrected chi connectivity index (χ2v) is 19.4. The number of rotatable bonds is 60. The summed E-state index contributed by atoms with van der Waals surface area (Å²) >= 11 is 0. The standard InChI is InChI=1S/C55H92N18O16/c1-44(74)66-48(17-7-11-23-64-72-58)54(79)68-46(15-5-9-21-62-70-56)52(77)60-25-29-83-33-37-87-41-39-85-35-31-81-27-19-50(75)67-49(18-8-12-24-65-73-59)55(80)69-47(16-6-10-22-63-71-57)53(78)61-26-30-84-34-38-88-42-40-86-36-32-82-28-20-51(76)89-43-45-13-3-2-4-14-45/h2-4,13-14,46-49H,5-12,15-43H2,1H3,(H,60,77)(H,61,78)(H,66,74)(H,67,75)(H,68,79)(H,69,80)/t46-,47-,48-,49-/m0/s1. The number of nitrogens with zero attached hydrogens (tertiary/aromatic N) is 12. The molecule has 1 rings (SSSR count). The maximum Gasteiger partial charge on any atom is 0.308 e. The molecule has 89 heavy (non-hydrogen) atoms. The summed E-state index contributed by atoms with van der Waals surface area (Å²) < 4.78 is 49.5. The van der Waals surface area contributed by atoms with Gasteiger partial charge in [0.2, 0.25) is 35.4 Å². The van der Waals surface area contributed by atoms with Crippen LogP contribution in [0.1, 0.15) is 102 Å². The highest BCUT2D eigenvalue weighted by atomic mass is 16.6. The minimum atomic E-state index is -1.02. The summed E-state index contributed by atoms with van der Waals surface area (Å²) in [6.07, 6.45) is 4.77. The van der Waals surface area contributed by atoms with Gasteiger partial charge in [-0.2, -0.15) is 0 Å². The van der Waals surface area contributed by atoms with Crippen LogP contribution in [0.5, 0.6) is 0 Å². The van der Waals surface area contributed by atoms with Crippen molar-refractivity contribution in [3.63, 3.8) is 0 Å². The summed E-state index contributed by atoms with van der Waals surface area (Å²) in [5, 5.41) is 30.4. The Morgan fingerprint density at radius 2 is 0.730 bits per heavy atom. The Bertz CT molecular complexity index is 2310. The number of unbranched alkanes of at least 4 members (excludes halogenated alkanes) is 4. The van der Waals surface area contributed by atoms with Crippen LogP contribution in [0.2, 0.25) is 0 Å². The van der Waals surface area contributed by atoms with E-state index in [1.807, 2.05) is 30.3 Å². The predicted octanol–water partition coefficient (Wildman–Crippen LogP) is 4.76. The van der Waals surface area contributed by atoms with Crippen molar-refractivity contribution in [2.24, 2.45) is 20.5 Å². The second kappa shape index (κ2) is 58.1. The third-order valence-electron chi connectivity index (χ3n) is 12.4. The molecule has 0 saturated carbocycles. The SMILES string of the molecule is CC(=O)N[C@@H](CCCCN=[N+]=[N-])C(=O)N[C@@H](CCCCN=[N+]=[N-])C(=O)NCCOCCOCCOCCOCCC(=O)N[C@@H](CCCCN=[N+]=[N-])C(=O)N[C@@H](CCCCN=[N+]=[N-])C(=O)NCCOCCOCCOCCOCCC(=O)OCc1ccccc1. The van der Waals surface area contributed by atoms with Gasteiger partial charge >= 0.3 is 5.97 Å². The van der Waals surface area contributed by atoms with Crippen molar-refractivity contribution in [3.8, 4) is 0 Å². The molecular formula is C55H92N18O16. The quantitative estimate of drug-likeness (QED) is 0.0168. The number of carbonyl (C=O) groups excluding carboxylic acids is 7. The lowest BCUT2D eigenvalue weighted by Gasteiger charge is -2.23. The number of hydrogen-bond donors (Lipinski definition) is 6. The van der Waals surface area contributed by atoms with Gasteiger partial charge < -0.3 is 74.5 Å². The summed E-state index contributed by atoms with van der Waals surface area (Å²) in [6, 6.07) is 5.57. The number of amides is 6. The molecule has 0 aliphatic carbocycles. The largest absolute Gasteiger partial charge is 0.461 e. The van der Waals surface area contributed by atoms with Gasteiger partial charge in [0.1, 0.15) is 30.8 Å². The summed E-state index contributed by atoms with van der Waals surface area (Å²) in [7, 11) is 0. The summed E-state index contributed by atoms with van der Waals surface area (Å²) in [6.45, 7) is 6.39. The molecule has 1 aromatic rings. The Morgan fingerprint density at radius 3 is 1.09 bits per heavy atom. The maximum atomic E-state index is 13.7. The van der Waals surface area contributed by atoms with Crippen LogP contribution in [0.4, 0.5) is 0 Å². The fraction of sp³-hybridized carbons (Fsp3) is 0.764. The van der Waals surface area contributed by atoms with Crippen molar-refractivity contribution in [1.29, 1.82) is 0 Å². The molecule has 0 saturated heterocycles. The van der Waals surface area contributed by atoms with Crippen molar-refractivity contribution in [1.82, 2.24) is 31.9 Å². The average molecular weight is 1260 g/mol. The van der Waals surface area contributed by atoms with Gasteiger partial charge in [-0.05, 0) is 79.1 Å². The molecule has 0 aromatic heterocycles. The fourth-order valence-corrected chi connectivity index (χ4v) is 7.83. The molecule has 0 heterocycles. The number of ether oxygens (including phenoxy) is 9. The van der Waals surface area contributed by atoms with Gasteiger partial charge in [-0.3, -0.25) is 33.6 Å². The zero-order chi connectivity index (χ0) is 64.9. The van der Waals surface area contributed by atoms with Crippen LogP contribution in [0.25, 0.3) is 41.8 Å². The Hall–Kier alpha value is -7.57. The predicted molar refractivity (Wildman–Crippen MR) is 323 cm³/mol. The first-order valence-corrected chi connectivity index (χ1v) is 30.0. The Morgan fingerprint density at radius 1 is 0.404 bits per heavy atom. The fourth-order valence-electron chi connectivity index (χ4n) is 7.83. The molecule has 0 spiro atoms. The monoisotopic (exact) mass is 1260 g/mol. The van der Waals surface area contributed by atoms with E-state index in [9.17, 15) is 33.6 Å². The first-order chi connectivity index (χ1) is 43.4. The van der Waals surface area contributed by atoms with E-state index in [-0.39, 0.29) is 170 Å². The number of nitrogens with one attached hydrogen (secondary N) is 6. The van der Waals surface area contributed by atoms with Gasteiger partial charge in [0.15, 0.2) is 0 Å². The number of benzene rings is 1. The first kappa shape index (κ1) is 79.4. The third-order valence-corrected chi connectivity index (χ3v) is 12.4. The average Bonchev–Trinajstić information content (AvgIpc) is 3.65. The van der Waals surface area contributed by atoms with Crippen LogP contribution >= 0.6 is 0 Å². The van der Waals surface area contributed by atoms with Crippen molar-refractivity contribution < 1.29 is 76.2 Å². The molecule has 4 atom stereocenters. The van der Waals surface area contributed by atoms with Crippen LogP contribution in [0, 0.1) is 0 Å². The first-order valence-electron chi connectivity index (χ1n) is 30.0. The molecule has 0 unspecified atom stereocenters. The minimum absolute atomic E-state index is 0.0261.